The van der Waals surface area contributed by atoms with Crippen LogP contribution in [0, 0.1) is 0 Å². The van der Waals surface area contributed by atoms with Crippen molar-refractivity contribution < 1.29 is 34.4 Å². The Morgan fingerprint density at radius 1 is 1.39 bits per heavy atom. The number of esters is 1. The van der Waals surface area contributed by atoms with E-state index in [0.29, 0.717) is 0 Å². The fourth-order valence-electron chi connectivity index (χ4n) is 2.86. The number of pyridine rings is 1. The van der Waals surface area contributed by atoms with Gasteiger partial charge in [0.15, 0.2) is 6.23 Å². The van der Waals surface area contributed by atoms with Crippen LogP contribution < -0.4 is 5.32 Å². The van der Waals surface area contributed by atoms with E-state index in [1.54, 1.807) is 0 Å². The molecule has 28 heavy (non-hydrogen) atoms. The maximum absolute atomic E-state index is 12.4. The fraction of sp³-hybridized carbons (Fsp3) is 0.412. The summed E-state index contributed by atoms with van der Waals surface area (Å²) in [5, 5.41) is 31.6. The third-order valence-electron chi connectivity index (χ3n) is 4.34. The first kappa shape index (κ1) is 19.9. The van der Waals surface area contributed by atoms with Gasteiger partial charge in [0.05, 0.1) is 19.3 Å². The Balaban J connectivity index is 1.65. The molecular weight excluding hydrogens is 372 g/mol. The van der Waals surface area contributed by atoms with E-state index in [1.807, 2.05) is 0 Å². The molecule has 11 nitrogen and oxygen atoms in total. The number of amidine groups is 1. The van der Waals surface area contributed by atoms with Crippen LogP contribution in [0.2, 0.25) is 0 Å². The minimum Gasteiger partial charge on any atom is -0.465 e. The van der Waals surface area contributed by atoms with Crippen molar-refractivity contribution in [3.63, 3.8) is 0 Å². The summed E-state index contributed by atoms with van der Waals surface area (Å²) in [6, 6.07) is 2.94. The maximum atomic E-state index is 12.4. The zero-order chi connectivity index (χ0) is 20.3. The fourth-order valence-corrected chi connectivity index (χ4v) is 2.86. The summed E-state index contributed by atoms with van der Waals surface area (Å²) in [5.41, 5.74) is -0.0765. The Morgan fingerprint density at radius 2 is 2.18 bits per heavy atom. The van der Waals surface area contributed by atoms with E-state index in [1.165, 1.54) is 42.6 Å². The molecule has 1 fully saturated rings. The second-order valence-corrected chi connectivity index (χ2v) is 6.09. The van der Waals surface area contributed by atoms with Crippen LogP contribution >= 0.6 is 0 Å². The molecule has 3 heterocycles. The van der Waals surface area contributed by atoms with Gasteiger partial charge < -0.3 is 35.0 Å². The zero-order valence-electron chi connectivity index (χ0n) is 14.9. The summed E-state index contributed by atoms with van der Waals surface area (Å²) in [7, 11) is 1.21. The van der Waals surface area contributed by atoms with Gasteiger partial charge in [-0.3, -0.25) is 9.78 Å². The van der Waals surface area contributed by atoms with Crippen LogP contribution in [0.1, 0.15) is 20.8 Å². The van der Waals surface area contributed by atoms with Gasteiger partial charge in [0.25, 0.3) is 5.91 Å². The second-order valence-electron chi connectivity index (χ2n) is 6.09. The molecule has 0 aromatic carbocycles. The zero-order valence-corrected chi connectivity index (χ0v) is 14.9. The molecule has 0 bridgehead atoms. The number of hydrogen-bond donors (Lipinski definition) is 4. The van der Waals surface area contributed by atoms with Gasteiger partial charge in [0, 0.05) is 12.4 Å². The van der Waals surface area contributed by atoms with E-state index < -0.39 is 43.0 Å². The van der Waals surface area contributed by atoms with Gasteiger partial charge in [-0.1, -0.05) is 0 Å². The van der Waals surface area contributed by atoms with Crippen molar-refractivity contribution in [1.29, 1.82) is 0 Å². The highest BCUT2D eigenvalue weighted by Gasteiger charge is 2.44. The van der Waals surface area contributed by atoms with Gasteiger partial charge in [0.2, 0.25) is 0 Å². The predicted octanol–water partition coefficient (Wildman–Crippen LogP) is -1.78. The standard InChI is InChI=1S/C17H20N4O7/c1-27-17(26)9-3-2-5-18-12(9)15(25)20-11-4-6-21(8-19-11)16-14(24)13(23)10(7-22)28-16/h2-6,10,13-14,16,22-24H,7-8H2,1H3,(H,19,20,25). The largest absolute Gasteiger partial charge is 0.465 e. The Morgan fingerprint density at radius 3 is 2.79 bits per heavy atom. The molecule has 4 atom stereocenters. The smallest absolute Gasteiger partial charge is 0.340 e. The SMILES string of the molecule is COC(=O)c1cccnc1C(=O)NC1=NCN(C2OC(CO)C(O)C2O)C=C1. The van der Waals surface area contributed by atoms with Crippen LogP contribution in [0.15, 0.2) is 35.6 Å². The van der Waals surface area contributed by atoms with E-state index in [-0.39, 0.29) is 23.8 Å². The van der Waals surface area contributed by atoms with Gasteiger partial charge in [-0.15, -0.1) is 0 Å². The number of amides is 1. The number of rotatable bonds is 4. The molecule has 150 valence electrons. The van der Waals surface area contributed by atoms with E-state index in [9.17, 15) is 19.8 Å². The van der Waals surface area contributed by atoms with Gasteiger partial charge in [-0.25, -0.2) is 9.79 Å². The quantitative estimate of drug-likeness (QED) is 0.436. The van der Waals surface area contributed by atoms with E-state index >= 15 is 0 Å². The number of carbonyl (C=O) groups excluding carboxylic acids is 2. The van der Waals surface area contributed by atoms with Crippen LogP contribution in [-0.2, 0) is 9.47 Å². The van der Waals surface area contributed by atoms with Gasteiger partial charge in [0.1, 0.15) is 36.5 Å². The molecule has 1 amide bonds. The highest BCUT2D eigenvalue weighted by molar-refractivity contribution is 6.13. The topological polar surface area (TPSA) is 154 Å². The highest BCUT2D eigenvalue weighted by Crippen LogP contribution is 2.25. The molecule has 2 aliphatic heterocycles. The number of carbonyl (C=O) groups is 2. The van der Waals surface area contributed by atoms with Gasteiger partial charge in [-0.05, 0) is 18.2 Å². The average Bonchev–Trinajstić information content (AvgIpc) is 3.02. The first-order valence-electron chi connectivity index (χ1n) is 8.41. The number of nitrogens with one attached hydrogen (secondary N) is 1. The number of aliphatic hydroxyl groups excluding tert-OH is 3. The van der Waals surface area contributed by atoms with Crippen molar-refractivity contribution in [1.82, 2.24) is 15.2 Å². The van der Waals surface area contributed by atoms with Crippen molar-refractivity contribution in [2.45, 2.75) is 24.5 Å². The number of methoxy groups -OCH3 is 1. The van der Waals surface area contributed by atoms with Crippen molar-refractivity contribution in [2.75, 3.05) is 20.4 Å². The van der Waals surface area contributed by atoms with Gasteiger partial charge in [-0.2, -0.15) is 0 Å². The monoisotopic (exact) mass is 392 g/mol. The van der Waals surface area contributed by atoms with E-state index in [0.717, 1.165) is 0 Å². The molecule has 0 saturated carbocycles. The van der Waals surface area contributed by atoms with Crippen LogP contribution in [0.4, 0.5) is 0 Å². The normalized spacial score (nSPS) is 26.7. The summed E-state index contributed by atoms with van der Waals surface area (Å²) >= 11 is 0. The van der Waals surface area contributed by atoms with Crippen LogP contribution in [-0.4, -0.2) is 87.8 Å². The van der Waals surface area contributed by atoms with Crippen molar-refractivity contribution in [2.24, 2.45) is 4.99 Å². The van der Waals surface area contributed by atoms with Gasteiger partial charge >= 0.3 is 5.97 Å². The van der Waals surface area contributed by atoms with E-state index in [2.05, 4.69) is 20.0 Å². The minimum absolute atomic E-state index is 0.0241. The Hall–Kier alpha value is -2.86. The van der Waals surface area contributed by atoms with E-state index in [4.69, 9.17) is 9.84 Å². The highest BCUT2D eigenvalue weighted by atomic mass is 16.6. The molecule has 0 aliphatic carbocycles. The summed E-state index contributed by atoms with van der Waals surface area (Å²) in [4.78, 5) is 33.8. The molecule has 0 spiro atoms. The van der Waals surface area contributed by atoms with Crippen molar-refractivity contribution in [3.05, 3.63) is 41.9 Å². The predicted molar refractivity (Wildman–Crippen MR) is 94.1 cm³/mol. The van der Waals surface area contributed by atoms with Crippen molar-refractivity contribution >= 4 is 17.7 Å². The molecule has 1 aromatic heterocycles. The summed E-state index contributed by atoms with van der Waals surface area (Å²) < 4.78 is 10.1. The first-order chi connectivity index (χ1) is 13.5. The summed E-state index contributed by atoms with van der Waals surface area (Å²) in [5.74, 6) is -1.10. The average molecular weight is 392 g/mol. The van der Waals surface area contributed by atoms with Crippen LogP contribution in [0.5, 0.6) is 0 Å². The molecule has 4 N–H and O–H groups in total. The number of aliphatic imine (C=N–C) groups is 1. The lowest BCUT2D eigenvalue weighted by Crippen LogP contribution is -2.44. The number of aliphatic hydroxyl groups is 3. The minimum atomic E-state index is -1.22. The molecule has 1 aromatic rings. The molecule has 0 radical (unpaired) electrons. The molecular formula is C17H20N4O7. The second kappa shape index (κ2) is 8.44. The lowest BCUT2D eigenvalue weighted by atomic mass is 10.1. The first-order valence-corrected chi connectivity index (χ1v) is 8.41. The number of nitrogens with zero attached hydrogens (tertiary/aromatic N) is 3. The molecule has 3 rings (SSSR count). The third-order valence-corrected chi connectivity index (χ3v) is 4.34. The lowest BCUT2D eigenvalue weighted by molar-refractivity contribution is -0.0791. The Bertz CT molecular complexity index is 812. The number of hydrogen-bond acceptors (Lipinski definition) is 10. The Labute approximate surface area is 159 Å². The number of aromatic nitrogens is 1. The molecule has 11 heteroatoms. The molecule has 2 aliphatic rings. The maximum Gasteiger partial charge on any atom is 0.340 e. The number of ether oxygens (including phenoxy) is 2. The third kappa shape index (κ3) is 3.87. The Kier molecular flexibility index (Phi) is 5.99. The summed E-state index contributed by atoms with van der Waals surface area (Å²) in [6.45, 7) is -0.395. The lowest BCUT2D eigenvalue weighted by Gasteiger charge is -2.29. The molecule has 4 unspecified atom stereocenters. The summed E-state index contributed by atoms with van der Waals surface area (Å²) in [6.07, 6.45) is 0.173. The van der Waals surface area contributed by atoms with Crippen molar-refractivity contribution in [3.8, 4) is 0 Å². The molecule has 1 saturated heterocycles. The van der Waals surface area contributed by atoms with Crippen LogP contribution in [0.25, 0.3) is 0 Å². The van der Waals surface area contributed by atoms with Crippen LogP contribution in [0.3, 0.4) is 0 Å².